The summed E-state index contributed by atoms with van der Waals surface area (Å²) >= 11 is 0. The molecule has 0 amide bonds. The Morgan fingerprint density at radius 1 is 1.56 bits per heavy atom. The molecule has 5 heteroatoms. The van der Waals surface area contributed by atoms with E-state index in [-0.39, 0.29) is 5.78 Å². The van der Waals surface area contributed by atoms with Gasteiger partial charge in [0.15, 0.2) is 5.82 Å². The number of ether oxygens (including phenoxy) is 2. The predicted octanol–water partition coefficient (Wildman–Crippen LogP) is 0.798. The number of aryl methyl sites for hydroxylation is 1. The second kappa shape index (κ2) is 4.35. The maximum Gasteiger partial charge on any atom is 0.230 e. The molecule has 1 saturated heterocycles. The molecule has 0 N–H and O–H groups in total. The first-order chi connectivity index (χ1) is 7.69. The Morgan fingerprint density at radius 3 is 2.75 bits per heavy atom. The third-order valence-corrected chi connectivity index (χ3v) is 3.13. The third kappa shape index (κ3) is 1.76. The van der Waals surface area contributed by atoms with Crippen LogP contribution in [-0.2, 0) is 16.5 Å². The molecule has 0 spiro atoms. The topological polar surface area (TPSA) is 53.3 Å². The summed E-state index contributed by atoms with van der Waals surface area (Å²) in [6.45, 7) is 1.12. The van der Waals surface area contributed by atoms with Gasteiger partial charge in [0.25, 0.3) is 0 Å². The number of Topliss-reactive ketones (excluding diaryl/α,β-unsaturated/α-hetero) is 1. The van der Waals surface area contributed by atoms with Gasteiger partial charge >= 0.3 is 0 Å². The molecule has 1 aromatic rings. The summed E-state index contributed by atoms with van der Waals surface area (Å²) in [6.07, 6.45) is 4.57. The summed E-state index contributed by atoms with van der Waals surface area (Å²) in [5.41, 5.74) is -0.753. The fraction of sp³-hybridized carbons (Fsp3) is 0.636. The highest BCUT2D eigenvalue weighted by Crippen LogP contribution is 2.28. The highest BCUT2D eigenvalue weighted by Gasteiger charge is 2.42. The van der Waals surface area contributed by atoms with E-state index in [0.717, 1.165) is 0 Å². The van der Waals surface area contributed by atoms with Crippen LogP contribution in [0.1, 0.15) is 23.5 Å². The van der Waals surface area contributed by atoms with Gasteiger partial charge in [-0.1, -0.05) is 0 Å². The first-order valence-electron chi connectivity index (χ1n) is 5.35. The number of nitrogens with zero attached hydrogens (tertiary/aromatic N) is 2. The lowest BCUT2D eigenvalue weighted by molar-refractivity contribution is -0.0669. The first kappa shape index (κ1) is 11.3. The molecule has 0 unspecified atom stereocenters. The molecule has 2 heterocycles. The normalized spacial score (nSPS) is 19.6. The van der Waals surface area contributed by atoms with Crippen LogP contribution in [-0.4, -0.2) is 41.3 Å². The summed E-state index contributed by atoms with van der Waals surface area (Å²) in [5, 5.41) is 0. The largest absolute Gasteiger partial charge is 0.381 e. The Bertz CT molecular complexity index is 380. The van der Waals surface area contributed by atoms with Crippen LogP contribution in [0.3, 0.4) is 0 Å². The second-order valence-electron chi connectivity index (χ2n) is 4.00. The van der Waals surface area contributed by atoms with Crippen molar-refractivity contribution in [2.45, 2.75) is 18.4 Å². The Morgan fingerprint density at radius 2 is 2.25 bits per heavy atom. The van der Waals surface area contributed by atoms with Gasteiger partial charge in [0.05, 0.1) is 0 Å². The van der Waals surface area contributed by atoms with Crippen LogP contribution in [0.4, 0.5) is 0 Å². The van der Waals surface area contributed by atoms with Gasteiger partial charge in [-0.15, -0.1) is 0 Å². The van der Waals surface area contributed by atoms with Gasteiger partial charge < -0.3 is 14.0 Å². The summed E-state index contributed by atoms with van der Waals surface area (Å²) in [5.74, 6) is 0.398. The standard InChI is InChI=1S/C11H16N2O3/c1-13-6-5-12-10(13)9(14)11(15-2)3-7-16-8-4-11/h5-6H,3-4,7-8H2,1-2H3. The molecule has 1 aromatic heterocycles. The fourth-order valence-electron chi connectivity index (χ4n) is 2.01. The number of methoxy groups -OCH3 is 1. The molecule has 0 aliphatic carbocycles. The number of imidazole rings is 1. The highest BCUT2D eigenvalue weighted by atomic mass is 16.5. The van der Waals surface area contributed by atoms with E-state index in [2.05, 4.69) is 4.98 Å². The number of carbonyl (C=O) groups excluding carboxylic acids is 1. The molecule has 88 valence electrons. The molecule has 1 aliphatic rings. The van der Waals surface area contributed by atoms with Crippen molar-refractivity contribution in [2.75, 3.05) is 20.3 Å². The molecule has 1 fully saturated rings. The van der Waals surface area contributed by atoms with Crippen LogP contribution in [0.2, 0.25) is 0 Å². The smallest absolute Gasteiger partial charge is 0.230 e. The SMILES string of the molecule is COC1(C(=O)c2nccn2C)CCOCC1. The minimum Gasteiger partial charge on any atom is -0.381 e. The number of carbonyl (C=O) groups is 1. The molecule has 2 rings (SSSR count). The molecule has 16 heavy (non-hydrogen) atoms. The summed E-state index contributed by atoms with van der Waals surface area (Å²) in [7, 11) is 3.38. The van der Waals surface area contributed by atoms with E-state index < -0.39 is 5.60 Å². The summed E-state index contributed by atoms with van der Waals surface area (Å²) in [4.78, 5) is 16.4. The van der Waals surface area contributed by atoms with Crippen molar-refractivity contribution in [3.05, 3.63) is 18.2 Å². The number of rotatable bonds is 3. The minimum absolute atomic E-state index is 0.0502. The zero-order valence-corrected chi connectivity index (χ0v) is 9.60. The van der Waals surface area contributed by atoms with Crippen LogP contribution in [0, 0.1) is 0 Å². The van der Waals surface area contributed by atoms with E-state index in [4.69, 9.17) is 9.47 Å². The average molecular weight is 224 g/mol. The Hall–Kier alpha value is -1.20. The van der Waals surface area contributed by atoms with Gasteiger partial charge in [-0.05, 0) is 0 Å². The monoisotopic (exact) mass is 224 g/mol. The van der Waals surface area contributed by atoms with Gasteiger partial charge in [0.1, 0.15) is 5.60 Å². The number of hydrogen-bond donors (Lipinski definition) is 0. The quantitative estimate of drug-likeness (QED) is 0.712. The molecule has 0 radical (unpaired) electrons. The van der Waals surface area contributed by atoms with Crippen molar-refractivity contribution in [1.82, 2.24) is 9.55 Å². The molecule has 0 bridgehead atoms. The van der Waals surface area contributed by atoms with Gasteiger partial charge in [-0.2, -0.15) is 0 Å². The van der Waals surface area contributed by atoms with Crippen molar-refractivity contribution in [3.63, 3.8) is 0 Å². The Balaban J connectivity index is 2.28. The van der Waals surface area contributed by atoms with E-state index in [1.165, 1.54) is 0 Å². The minimum atomic E-state index is -0.753. The second-order valence-corrected chi connectivity index (χ2v) is 4.00. The van der Waals surface area contributed by atoms with Crippen LogP contribution in [0.5, 0.6) is 0 Å². The van der Waals surface area contributed by atoms with Crippen LogP contribution >= 0.6 is 0 Å². The van der Waals surface area contributed by atoms with Gasteiger partial charge in [-0.3, -0.25) is 4.79 Å². The van der Waals surface area contributed by atoms with Crippen LogP contribution in [0.25, 0.3) is 0 Å². The van der Waals surface area contributed by atoms with E-state index in [9.17, 15) is 4.79 Å². The Kier molecular flexibility index (Phi) is 3.07. The maximum absolute atomic E-state index is 12.4. The zero-order chi connectivity index (χ0) is 11.6. The number of ketones is 1. The van der Waals surface area contributed by atoms with Crippen LogP contribution < -0.4 is 0 Å². The van der Waals surface area contributed by atoms with Crippen molar-refractivity contribution in [1.29, 1.82) is 0 Å². The lowest BCUT2D eigenvalue weighted by Crippen LogP contribution is -2.46. The molecule has 0 saturated carbocycles. The van der Waals surface area contributed by atoms with Gasteiger partial charge in [-0.25, -0.2) is 4.98 Å². The Labute approximate surface area is 94.4 Å². The molecule has 5 nitrogen and oxygen atoms in total. The number of hydrogen-bond acceptors (Lipinski definition) is 4. The number of aromatic nitrogens is 2. The van der Waals surface area contributed by atoms with E-state index >= 15 is 0 Å². The van der Waals surface area contributed by atoms with Crippen molar-refractivity contribution >= 4 is 5.78 Å². The predicted molar refractivity (Wildman–Crippen MR) is 57.3 cm³/mol. The highest BCUT2D eigenvalue weighted by molar-refractivity contribution is 5.99. The third-order valence-electron chi connectivity index (χ3n) is 3.13. The molecule has 0 aromatic carbocycles. The summed E-state index contributed by atoms with van der Waals surface area (Å²) in [6, 6.07) is 0. The van der Waals surface area contributed by atoms with Crippen molar-refractivity contribution < 1.29 is 14.3 Å². The first-order valence-corrected chi connectivity index (χ1v) is 5.35. The molecular weight excluding hydrogens is 208 g/mol. The zero-order valence-electron chi connectivity index (χ0n) is 9.60. The van der Waals surface area contributed by atoms with E-state index in [1.54, 1.807) is 24.1 Å². The maximum atomic E-state index is 12.4. The lowest BCUT2D eigenvalue weighted by atomic mass is 9.89. The lowest BCUT2D eigenvalue weighted by Gasteiger charge is -2.33. The molecular formula is C11H16N2O3. The average Bonchev–Trinajstić information content (AvgIpc) is 2.75. The van der Waals surface area contributed by atoms with Gasteiger partial charge in [0, 0.05) is 52.6 Å². The van der Waals surface area contributed by atoms with E-state index in [0.29, 0.717) is 31.9 Å². The molecule has 1 aliphatic heterocycles. The van der Waals surface area contributed by atoms with Crippen molar-refractivity contribution in [2.24, 2.45) is 7.05 Å². The van der Waals surface area contributed by atoms with Gasteiger partial charge in [0.2, 0.25) is 5.78 Å². The molecule has 0 atom stereocenters. The van der Waals surface area contributed by atoms with Crippen LogP contribution in [0.15, 0.2) is 12.4 Å². The fourth-order valence-corrected chi connectivity index (χ4v) is 2.01. The van der Waals surface area contributed by atoms with E-state index in [1.807, 2.05) is 7.05 Å². The van der Waals surface area contributed by atoms with Crippen molar-refractivity contribution in [3.8, 4) is 0 Å². The summed E-state index contributed by atoms with van der Waals surface area (Å²) < 4.78 is 12.4.